The average Bonchev–Trinajstić information content (AvgIpc) is 3.28. The third-order valence-electron chi connectivity index (χ3n) is 7.41. The summed E-state index contributed by atoms with van der Waals surface area (Å²) in [5.41, 5.74) is 1.89. The summed E-state index contributed by atoms with van der Waals surface area (Å²) in [4.78, 5) is 0. The van der Waals surface area contributed by atoms with E-state index in [-0.39, 0.29) is 13.2 Å². The van der Waals surface area contributed by atoms with E-state index in [2.05, 4.69) is 0 Å². The average molecular weight is 561 g/mol. The Labute approximate surface area is 235 Å². The van der Waals surface area contributed by atoms with E-state index in [0.29, 0.717) is 6.61 Å². The molecule has 0 radical (unpaired) electrons. The van der Waals surface area contributed by atoms with E-state index in [1.54, 1.807) is 7.11 Å². The first-order valence-corrected chi connectivity index (χ1v) is 13.7. The molecule has 3 heterocycles. The van der Waals surface area contributed by atoms with Gasteiger partial charge in [0.2, 0.25) is 0 Å². The molecule has 220 valence electrons. The summed E-state index contributed by atoms with van der Waals surface area (Å²) in [7, 11) is 1.56. The smallest absolute Gasteiger partial charge is 0.187 e. The van der Waals surface area contributed by atoms with Crippen LogP contribution in [0, 0.1) is 0 Å². The maximum atomic E-state index is 11.2. The Morgan fingerprint density at radius 2 is 1.40 bits per heavy atom. The van der Waals surface area contributed by atoms with Crippen molar-refractivity contribution in [1.29, 1.82) is 0 Å². The first-order valence-electron chi connectivity index (χ1n) is 13.7. The molecule has 10 heteroatoms. The van der Waals surface area contributed by atoms with Crippen molar-refractivity contribution in [2.75, 3.05) is 13.7 Å². The number of fused-ring (bicyclic) bond motifs is 1. The number of ether oxygens (including phenoxy) is 8. The van der Waals surface area contributed by atoms with Gasteiger partial charge in [0.05, 0.1) is 25.9 Å². The van der Waals surface area contributed by atoms with E-state index in [1.165, 1.54) is 0 Å². The predicted octanol–water partition coefficient (Wildman–Crippen LogP) is 2.53. The summed E-state index contributed by atoms with van der Waals surface area (Å²) in [5.74, 6) is -0.874. The Balaban J connectivity index is 1.33. The van der Waals surface area contributed by atoms with E-state index in [0.717, 1.165) is 11.1 Å². The Morgan fingerprint density at radius 3 is 2.05 bits per heavy atom. The zero-order valence-corrected chi connectivity index (χ0v) is 23.3. The van der Waals surface area contributed by atoms with E-state index < -0.39 is 67.2 Å². The molecule has 0 aliphatic carbocycles. The van der Waals surface area contributed by atoms with Gasteiger partial charge in [-0.25, -0.2) is 0 Å². The lowest BCUT2D eigenvalue weighted by molar-refractivity contribution is -0.351. The SMILES string of the molecule is CO[C@@H]1O[C@@H](C)[C@H](O[C@H]2O[C@H](COCc3ccccc3)[C@@H](O)[C@H](O)[C@H]2OCc2ccccc2)[C@H]2OC(C)(C)O[C@@H]12. The highest BCUT2D eigenvalue weighted by Crippen LogP contribution is 2.40. The van der Waals surface area contributed by atoms with Crippen molar-refractivity contribution in [3.63, 3.8) is 0 Å². The van der Waals surface area contributed by atoms with Crippen LogP contribution in [0.5, 0.6) is 0 Å². The molecular weight excluding hydrogens is 520 g/mol. The third kappa shape index (κ3) is 6.74. The van der Waals surface area contributed by atoms with Crippen molar-refractivity contribution in [3.05, 3.63) is 71.8 Å². The second kappa shape index (κ2) is 12.9. The molecule has 10 nitrogen and oxygen atoms in total. The molecule has 0 saturated carbocycles. The van der Waals surface area contributed by atoms with E-state index in [1.807, 2.05) is 81.4 Å². The van der Waals surface area contributed by atoms with Gasteiger partial charge in [-0.15, -0.1) is 0 Å². The standard InChI is InChI=1S/C30H40O10/c1-18-24(26-27(28(33-4)36-18)40-30(2,3)39-26)38-29-25(35-16-20-13-9-6-10-14-20)23(32)22(31)21(37-29)17-34-15-19-11-7-5-8-12-19/h5-14,18,21-29,31-32H,15-17H2,1-4H3/t18-,21+,22+,23-,24-,25+,26+,27+,28+,29+/m0/s1. The van der Waals surface area contributed by atoms with Crippen LogP contribution < -0.4 is 0 Å². The van der Waals surface area contributed by atoms with Gasteiger partial charge in [-0.1, -0.05) is 60.7 Å². The Morgan fingerprint density at radius 1 is 0.775 bits per heavy atom. The van der Waals surface area contributed by atoms with Crippen LogP contribution >= 0.6 is 0 Å². The molecule has 0 bridgehead atoms. The van der Waals surface area contributed by atoms with E-state index in [9.17, 15) is 10.2 Å². The number of aliphatic hydroxyl groups excluding tert-OH is 2. The summed E-state index contributed by atoms with van der Waals surface area (Å²) in [6, 6.07) is 19.2. The van der Waals surface area contributed by atoms with Gasteiger partial charge in [-0.2, -0.15) is 0 Å². The lowest BCUT2D eigenvalue weighted by Crippen LogP contribution is -2.63. The Bertz CT molecular complexity index is 1050. The lowest BCUT2D eigenvalue weighted by Gasteiger charge is -2.46. The van der Waals surface area contributed by atoms with Gasteiger partial charge < -0.3 is 48.1 Å². The van der Waals surface area contributed by atoms with Gasteiger partial charge in [-0.05, 0) is 31.9 Å². The number of rotatable bonds is 10. The fourth-order valence-corrected chi connectivity index (χ4v) is 5.41. The monoisotopic (exact) mass is 560 g/mol. The number of benzene rings is 2. The summed E-state index contributed by atoms with van der Waals surface area (Å²) in [6.45, 7) is 6.06. The maximum absolute atomic E-state index is 11.2. The highest BCUT2D eigenvalue weighted by atomic mass is 16.8. The molecule has 10 atom stereocenters. The van der Waals surface area contributed by atoms with Crippen LogP contribution in [-0.2, 0) is 51.1 Å². The summed E-state index contributed by atoms with van der Waals surface area (Å²) < 4.78 is 48.6. The van der Waals surface area contributed by atoms with E-state index in [4.69, 9.17) is 37.9 Å². The highest BCUT2D eigenvalue weighted by molar-refractivity contribution is 5.14. The molecule has 2 aromatic rings. The first kappa shape index (κ1) is 29.5. The van der Waals surface area contributed by atoms with Crippen molar-refractivity contribution < 1.29 is 48.1 Å². The minimum atomic E-state index is -1.30. The van der Waals surface area contributed by atoms with Crippen LogP contribution in [0.4, 0.5) is 0 Å². The predicted molar refractivity (Wildman–Crippen MR) is 142 cm³/mol. The molecule has 2 N–H and O–H groups in total. The van der Waals surface area contributed by atoms with Gasteiger partial charge >= 0.3 is 0 Å². The lowest BCUT2D eigenvalue weighted by atomic mass is 9.97. The molecule has 2 aromatic carbocycles. The number of hydrogen-bond acceptors (Lipinski definition) is 10. The van der Waals surface area contributed by atoms with E-state index >= 15 is 0 Å². The van der Waals surface area contributed by atoms with Crippen LogP contribution in [0.1, 0.15) is 31.9 Å². The molecule has 5 rings (SSSR count). The molecule has 0 spiro atoms. The molecule has 0 unspecified atom stereocenters. The zero-order valence-electron chi connectivity index (χ0n) is 23.3. The Kier molecular flexibility index (Phi) is 9.53. The quantitative estimate of drug-likeness (QED) is 0.449. The molecule has 3 saturated heterocycles. The number of aliphatic hydroxyl groups is 2. The van der Waals surface area contributed by atoms with Crippen molar-refractivity contribution >= 4 is 0 Å². The number of hydrogen-bond donors (Lipinski definition) is 2. The van der Waals surface area contributed by atoms with Crippen LogP contribution in [0.25, 0.3) is 0 Å². The van der Waals surface area contributed by atoms with Crippen LogP contribution in [-0.4, -0.2) is 91.1 Å². The van der Waals surface area contributed by atoms with Gasteiger partial charge in [0, 0.05) is 7.11 Å². The fourth-order valence-electron chi connectivity index (χ4n) is 5.41. The first-order chi connectivity index (χ1) is 19.3. The van der Waals surface area contributed by atoms with Gasteiger partial charge in [-0.3, -0.25) is 0 Å². The summed E-state index contributed by atoms with van der Waals surface area (Å²) >= 11 is 0. The Hall–Kier alpha value is -1.96. The largest absolute Gasteiger partial charge is 0.387 e. The summed E-state index contributed by atoms with van der Waals surface area (Å²) in [6.07, 6.45) is -8.27. The molecule has 3 fully saturated rings. The second-order valence-corrected chi connectivity index (χ2v) is 10.9. The summed E-state index contributed by atoms with van der Waals surface area (Å²) in [5, 5.41) is 22.2. The minimum absolute atomic E-state index is 0.0412. The van der Waals surface area contributed by atoms with Crippen LogP contribution in [0.2, 0.25) is 0 Å². The third-order valence-corrected chi connectivity index (χ3v) is 7.41. The van der Waals surface area contributed by atoms with Gasteiger partial charge in [0.1, 0.15) is 42.7 Å². The number of methoxy groups -OCH3 is 1. The van der Waals surface area contributed by atoms with Crippen LogP contribution in [0.15, 0.2) is 60.7 Å². The molecule has 3 aliphatic heterocycles. The van der Waals surface area contributed by atoms with Gasteiger partial charge in [0.25, 0.3) is 0 Å². The zero-order chi connectivity index (χ0) is 28.3. The van der Waals surface area contributed by atoms with Crippen LogP contribution in [0.3, 0.4) is 0 Å². The topological polar surface area (TPSA) is 114 Å². The van der Waals surface area contributed by atoms with Crippen molar-refractivity contribution in [1.82, 2.24) is 0 Å². The highest BCUT2D eigenvalue weighted by Gasteiger charge is 2.57. The van der Waals surface area contributed by atoms with Crippen molar-refractivity contribution in [2.24, 2.45) is 0 Å². The molecule has 3 aliphatic rings. The van der Waals surface area contributed by atoms with Gasteiger partial charge in [0.15, 0.2) is 18.4 Å². The second-order valence-electron chi connectivity index (χ2n) is 10.9. The fraction of sp³-hybridized carbons (Fsp3) is 0.600. The minimum Gasteiger partial charge on any atom is -0.387 e. The normalized spacial score (nSPS) is 37.2. The molecule has 0 amide bonds. The maximum Gasteiger partial charge on any atom is 0.187 e. The molecular formula is C30H40O10. The van der Waals surface area contributed by atoms with Crippen molar-refractivity contribution in [3.8, 4) is 0 Å². The molecule has 0 aromatic heterocycles. The van der Waals surface area contributed by atoms with Crippen molar-refractivity contribution in [2.45, 2.75) is 101 Å². The molecule has 40 heavy (non-hydrogen) atoms.